The summed E-state index contributed by atoms with van der Waals surface area (Å²) in [4.78, 5) is 12.5. The van der Waals surface area contributed by atoms with Gasteiger partial charge in [0.1, 0.15) is 0 Å². The largest absolute Gasteiger partial charge is 0.352 e. The number of sulfonamides is 1. The van der Waals surface area contributed by atoms with E-state index in [4.69, 9.17) is 0 Å². The number of hydrogen-bond acceptors (Lipinski definition) is 4. The molecule has 0 aliphatic carbocycles. The van der Waals surface area contributed by atoms with E-state index in [9.17, 15) is 13.2 Å². The molecule has 0 bridgehead atoms. The maximum atomic E-state index is 12.6. The summed E-state index contributed by atoms with van der Waals surface area (Å²) in [5.74, 6) is -0.255. The van der Waals surface area contributed by atoms with Gasteiger partial charge in [-0.05, 0) is 49.4 Å². The van der Waals surface area contributed by atoms with Crippen LogP contribution in [-0.2, 0) is 23.5 Å². The Labute approximate surface area is 154 Å². The summed E-state index contributed by atoms with van der Waals surface area (Å²) >= 11 is 0. The van der Waals surface area contributed by atoms with Crippen LogP contribution < -0.4 is 5.32 Å². The molecule has 0 unspecified atom stereocenters. The average molecular weight is 376 g/mol. The minimum Gasteiger partial charge on any atom is -0.352 e. The van der Waals surface area contributed by atoms with Crippen LogP contribution >= 0.6 is 0 Å². The van der Waals surface area contributed by atoms with E-state index in [0.29, 0.717) is 25.2 Å². The molecule has 1 N–H and O–H groups in total. The lowest BCUT2D eigenvalue weighted by molar-refractivity contribution is 0.0953. The highest BCUT2D eigenvalue weighted by molar-refractivity contribution is 7.89. The average Bonchev–Trinajstić information content (AvgIpc) is 3.31. The monoisotopic (exact) mass is 376 g/mol. The van der Waals surface area contributed by atoms with Crippen molar-refractivity contribution >= 4 is 15.9 Å². The minimum absolute atomic E-state index is 0.183. The maximum absolute atomic E-state index is 12.6. The molecule has 1 amide bonds. The van der Waals surface area contributed by atoms with Gasteiger partial charge in [0.25, 0.3) is 5.91 Å². The Morgan fingerprint density at radius 2 is 2.04 bits per heavy atom. The normalized spacial score (nSPS) is 15.3. The van der Waals surface area contributed by atoms with Crippen molar-refractivity contribution < 1.29 is 13.2 Å². The first-order valence-electron chi connectivity index (χ1n) is 8.83. The van der Waals surface area contributed by atoms with Crippen LogP contribution in [0.5, 0.6) is 0 Å². The van der Waals surface area contributed by atoms with Gasteiger partial charge in [-0.3, -0.25) is 9.48 Å². The first-order valence-corrected chi connectivity index (χ1v) is 10.3. The molecule has 1 aromatic carbocycles. The SMILES string of the molecule is Cn1cc(CCCNC(=O)c2cccc(S(=O)(=O)N3CCCC3)c2)cn1. The van der Waals surface area contributed by atoms with Crippen LogP contribution in [0.4, 0.5) is 0 Å². The predicted molar refractivity (Wildman–Crippen MR) is 98.3 cm³/mol. The molecule has 0 spiro atoms. The van der Waals surface area contributed by atoms with Crippen molar-refractivity contribution in [1.29, 1.82) is 0 Å². The van der Waals surface area contributed by atoms with Crippen LogP contribution in [0, 0.1) is 0 Å². The number of nitrogens with zero attached hydrogens (tertiary/aromatic N) is 3. The highest BCUT2D eigenvalue weighted by atomic mass is 32.2. The molecular weight excluding hydrogens is 352 g/mol. The van der Waals surface area contributed by atoms with Gasteiger partial charge in [-0.15, -0.1) is 0 Å². The summed E-state index contributed by atoms with van der Waals surface area (Å²) in [6.45, 7) is 1.62. The Balaban J connectivity index is 1.57. The summed E-state index contributed by atoms with van der Waals surface area (Å²) in [7, 11) is -1.64. The molecular formula is C18H24N4O3S. The Morgan fingerprint density at radius 3 is 2.73 bits per heavy atom. The third kappa shape index (κ3) is 4.31. The zero-order chi connectivity index (χ0) is 18.6. The molecule has 26 heavy (non-hydrogen) atoms. The van der Waals surface area contributed by atoms with Gasteiger partial charge in [0, 0.05) is 38.4 Å². The number of carbonyl (C=O) groups is 1. The van der Waals surface area contributed by atoms with Gasteiger partial charge in [-0.25, -0.2) is 8.42 Å². The van der Waals surface area contributed by atoms with E-state index in [-0.39, 0.29) is 10.8 Å². The summed E-state index contributed by atoms with van der Waals surface area (Å²) < 4.78 is 28.5. The summed E-state index contributed by atoms with van der Waals surface area (Å²) in [5, 5.41) is 6.96. The van der Waals surface area contributed by atoms with Crippen LogP contribution in [0.3, 0.4) is 0 Å². The third-order valence-electron chi connectivity index (χ3n) is 4.49. The fraction of sp³-hybridized carbons (Fsp3) is 0.444. The van der Waals surface area contributed by atoms with Crippen LogP contribution in [0.15, 0.2) is 41.6 Å². The Morgan fingerprint density at radius 1 is 1.27 bits per heavy atom. The molecule has 2 aromatic rings. The number of benzene rings is 1. The van der Waals surface area contributed by atoms with Crippen LogP contribution in [0.1, 0.15) is 35.2 Å². The van der Waals surface area contributed by atoms with Crippen molar-refractivity contribution in [2.24, 2.45) is 7.05 Å². The van der Waals surface area contributed by atoms with Gasteiger partial charge in [-0.1, -0.05) is 6.07 Å². The summed E-state index contributed by atoms with van der Waals surface area (Å²) in [6, 6.07) is 6.27. The predicted octanol–water partition coefficient (Wildman–Crippen LogP) is 1.57. The van der Waals surface area contributed by atoms with E-state index < -0.39 is 10.0 Å². The number of nitrogens with one attached hydrogen (secondary N) is 1. The Hall–Kier alpha value is -2.19. The molecule has 1 saturated heterocycles. The van der Waals surface area contributed by atoms with Crippen molar-refractivity contribution in [2.45, 2.75) is 30.6 Å². The standard InChI is InChI=1S/C18H24N4O3S/c1-21-14-15(13-20-21)6-5-9-19-18(23)16-7-4-8-17(12-16)26(24,25)22-10-2-3-11-22/h4,7-8,12-14H,2-3,5-6,9-11H2,1H3,(H,19,23). The van der Waals surface area contributed by atoms with Gasteiger partial charge in [0.15, 0.2) is 0 Å². The number of rotatable bonds is 7. The Bertz CT molecular complexity index is 870. The van der Waals surface area contributed by atoms with Gasteiger partial charge in [-0.2, -0.15) is 9.40 Å². The second-order valence-electron chi connectivity index (χ2n) is 6.52. The number of hydrogen-bond donors (Lipinski definition) is 1. The van der Waals surface area contributed by atoms with Gasteiger partial charge < -0.3 is 5.32 Å². The topological polar surface area (TPSA) is 84.3 Å². The summed E-state index contributed by atoms with van der Waals surface area (Å²) in [6.07, 6.45) is 7.16. The van der Waals surface area contributed by atoms with E-state index in [0.717, 1.165) is 31.2 Å². The quantitative estimate of drug-likeness (QED) is 0.744. The number of aryl methyl sites for hydroxylation is 2. The zero-order valence-electron chi connectivity index (χ0n) is 14.9. The fourth-order valence-electron chi connectivity index (χ4n) is 3.07. The lowest BCUT2D eigenvalue weighted by atomic mass is 10.2. The van der Waals surface area contributed by atoms with Gasteiger partial charge in [0.2, 0.25) is 10.0 Å². The molecule has 2 heterocycles. The smallest absolute Gasteiger partial charge is 0.251 e. The molecule has 7 nitrogen and oxygen atoms in total. The molecule has 0 saturated carbocycles. The second-order valence-corrected chi connectivity index (χ2v) is 8.46. The van der Waals surface area contributed by atoms with E-state index in [1.165, 1.54) is 10.4 Å². The molecule has 0 atom stereocenters. The Kier molecular flexibility index (Phi) is 5.73. The number of aromatic nitrogens is 2. The molecule has 0 radical (unpaired) electrons. The van der Waals surface area contributed by atoms with Gasteiger partial charge in [0.05, 0.1) is 11.1 Å². The fourth-order valence-corrected chi connectivity index (χ4v) is 4.64. The van der Waals surface area contributed by atoms with Crippen molar-refractivity contribution in [3.63, 3.8) is 0 Å². The molecule has 1 fully saturated rings. The van der Waals surface area contributed by atoms with E-state index in [2.05, 4.69) is 10.4 Å². The minimum atomic E-state index is -3.51. The first kappa shape index (κ1) is 18.6. The molecule has 1 aliphatic heterocycles. The van der Waals surface area contributed by atoms with Crippen LogP contribution in [-0.4, -0.2) is 48.0 Å². The molecule has 3 rings (SSSR count). The van der Waals surface area contributed by atoms with Gasteiger partial charge >= 0.3 is 0 Å². The summed E-state index contributed by atoms with van der Waals surface area (Å²) in [5.41, 5.74) is 1.49. The van der Waals surface area contributed by atoms with E-state index in [1.54, 1.807) is 22.9 Å². The third-order valence-corrected chi connectivity index (χ3v) is 6.38. The van der Waals surface area contributed by atoms with Crippen molar-refractivity contribution in [2.75, 3.05) is 19.6 Å². The lowest BCUT2D eigenvalue weighted by Crippen LogP contribution is -2.29. The molecule has 8 heteroatoms. The van der Waals surface area contributed by atoms with Crippen LogP contribution in [0.2, 0.25) is 0 Å². The molecule has 1 aliphatic rings. The zero-order valence-corrected chi connectivity index (χ0v) is 15.7. The van der Waals surface area contributed by atoms with Crippen molar-refractivity contribution in [3.8, 4) is 0 Å². The van der Waals surface area contributed by atoms with Crippen molar-refractivity contribution in [1.82, 2.24) is 19.4 Å². The second kappa shape index (κ2) is 8.01. The lowest BCUT2D eigenvalue weighted by Gasteiger charge is -2.16. The first-order chi connectivity index (χ1) is 12.5. The number of carbonyl (C=O) groups excluding carboxylic acids is 1. The van der Waals surface area contributed by atoms with E-state index >= 15 is 0 Å². The number of amides is 1. The highest BCUT2D eigenvalue weighted by Crippen LogP contribution is 2.21. The molecule has 140 valence electrons. The maximum Gasteiger partial charge on any atom is 0.251 e. The van der Waals surface area contributed by atoms with Crippen molar-refractivity contribution in [3.05, 3.63) is 47.8 Å². The van der Waals surface area contributed by atoms with Crippen LogP contribution in [0.25, 0.3) is 0 Å². The highest BCUT2D eigenvalue weighted by Gasteiger charge is 2.27. The molecule has 1 aromatic heterocycles. The van der Waals surface area contributed by atoms with E-state index in [1.807, 2.05) is 19.4 Å².